The van der Waals surface area contributed by atoms with Gasteiger partial charge in [-0.25, -0.2) is 14.6 Å². The number of ether oxygens (including phenoxy) is 3. The smallest absolute Gasteiger partial charge is 0.343 e. The quantitative estimate of drug-likeness (QED) is 0.128. The van der Waals surface area contributed by atoms with Gasteiger partial charge in [-0.15, -0.1) is 10.2 Å². The summed E-state index contributed by atoms with van der Waals surface area (Å²) in [7, 11) is 2.94. The molecule has 2 N–H and O–H groups in total. The maximum atomic E-state index is 13.1. The molecule has 0 aliphatic rings. The first-order valence-corrected chi connectivity index (χ1v) is 12.4. The van der Waals surface area contributed by atoms with Crippen molar-refractivity contribution in [3.63, 3.8) is 0 Å². The number of carbonyl (C=O) groups excluding carboxylic acids is 3. The predicted octanol–water partition coefficient (Wildman–Crippen LogP) is 3.86. The highest BCUT2D eigenvalue weighted by Crippen LogP contribution is 2.28. The van der Waals surface area contributed by atoms with E-state index in [1.54, 1.807) is 36.4 Å². The lowest BCUT2D eigenvalue weighted by atomic mass is 10.2. The molecule has 1 heterocycles. The van der Waals surface area contributed by atoms with E-state index < -0.39 is 17.7 Å². The maximum Gasteiger partial charge on any atom is 0.343 e. The summed E-state index contributed by atoms with van der Waals surface area (Å²) in [6.07, 6.45) is 1.28. The SMILES string of the molecule is COc1ccc(C(=O)Nc2nnc(CC(=O)NN=Cc3ccc(OC(=O)c4ccc(F)cc4)c(OC)c3)s2)cc1. The molecule has 40 heavy (non-hydrogen) atoms. The molecule has 0 aliphatic heterocycles. The van der Waals surface area contributed by atoms with Crippen LogP contribution in [0.4, 0.5) is 9.52 Å². The van der Waals surface area contributed by atoms with Crippen LogP contribution in [0.15, 0.2) is 71.8 Å². The number of anilines is 1. The molecule has 0 fully saturated rings. The maximum absolute atomic E-state index is 13.1. The van der Waals surface area contributed by atoms with E-state index in [9.17, 15) is 18.8 Å². The summed E-state index contributed by atoms with van der Waals surface area (Å²) in [6.45, 7) is 0. The summed E-state index contributed by atoms with van der Waals surface area (Å²) >= 11 is 1.06. The van der Waals surface area contributed by atoms with Crippen molar-refractivity contribution in [1.82, 2.24) is 15.6 Å². The van der Waals surface area contributed by atoms with Crippen LogP contribution in [0, 0.1) is 5.82 Å². The standard InChI is InChI=1S/C27H22FN5O6S/c1-37-20-10-6-17(7-11-20)25(35)30-27-33-32-24(40-27)14-23(34)31-29-15-16-3-12-21(22(13-16)38-2)39-26(36)18-4-8-19(28)9-5-18/h3-13,15H,14H2,1-2H3,(H,31,34)(H,30,33,35). The van der Waals surface area contributed by atoms with Crippen molar-refractivity contribution in [3.8, 4) is 17.2 Å². The lowest BCUT2D eigenvalue weighted by molar-refractivity contribution is -0.120. The van der Waals surface area contributed by atoms with E-state index in [0.29, 0.717) is 21.9 Å². The molecule has 0 spiro atoms. The van der Waals surface area contributed by atoms with Gasteiger partial charge in [-0.2, -0.15) is 5.10 Å². The molecule has 0 radical (unpaired) electrons. The lowest BCUT2D eigenvalue weighted by Gasteiger charge is -2.10. The number of nitrogens with zero attached hydrogens (tertiary/aromatic N) is 3. The van der Waals surface area contributed by atoms with Gasteiger partial charge >= 0.3 is 5.97 Å². The Morgan fingerprint density at radius 1 is 0.925 bits per heavy atom. The van der Waals surface area contributed by atoms with E-state index >= 15 is 0 Å². The Morgan fingerprint density at radius 3 is 2.35 bits per heavy atom. The van der Waals surface area contributed by atoms with E-state index in [4.69, 9.17) is 14.2 Å². The molecule has 0 saturated carbocycles. The zero-order chi connectivity index (χ0) is 28.5. The number of rotatable bonds is 10. The molecule has 0 atom stereocenters. The van der Waals surface area contributed by atoms with E-state index in [0.717, 1.165) is 23.5 Å². The van der Waals surface area contributed by atoms with Crippen molar-refractivity contribution < 1.29 is 33.0 Å². The van der Waals surface area contributed by atoms with Crippen molar-refractivity contribution in [2.45, 2.75) is 6.42 Å². The zero-order valence-corrected chi connectivity index (χ0v) is 22.0. The van der Waals surface area contributed by atoms with Gasteiger partial charge in [-0.05, 0) is 72.3 Å². The average molecular weight is 564 g/mol. The number of nitrogens with one attached hydrogen (secondary N) is 2. The topological polar surface area (TPSA) is 141 Å². The Morgan fingerprint density at radius 2 is 1.65 bits per heavy atom. The first kappa shape index (κ1) is 27.9. The summed E-state index contributed by atoms with van der Waals surface area (Å²) in [4.78, 5) is 36.9. The van der Waals surface area contributed by atoms with Crippen LogP contribution in [-0.2, 0) is 11.2 Å². The third-order valence-electron chi connectivity index (χ3n) is 5.22. The van der Waals surface area contributed by atoms with Crippen LogP contribution in [0.25, 0.3) is 0 Å². The number of methoxy groups -OCH3 is 2. The fourth-order valence-electron chi connectivity index (χ4n) is 3.24. The largest absolute Gasteiger partial charge is 0.497 e. The van der Waals surface area contributed by atoms with Gasteiger partial charge in [-0.3, -0.25) is 14.9 Å². The first-order chi connectivity index (χ1) is 19.3. The van der Waals surface area contributed by atoms with E-state index in [1.807, 2.05) is 0 Å². The van der Waals surface area contributed by atoms with E-state index in [1.165, 1.54) is 38.6 Å². The Bertz CT molecular complexity index is 1540. The Labute approximate surface area is 231 Å². The molecule has 0 bridgehead atoms. The van der Waals surface area contributed by atoms with Crippen molar-refractivity contribution in [3.05, 3.63) is 94.2 Å². The summed E-state index contributed by atoms with van der Waals surface area (Å²) in [5.74, 6) is -0.917. The van der Waals surface area contributed by atoms with Crippen molar-refractivity contribution in [2.24, 2.45) is 5.10 Å². The molecular weight excluding hydrogens is 541 g/mol. The van der Waals surface area contributed by atoms with Crippen LogP contribution in [0.1, 0.15) is 31.3 Å². The fourth-order valence-corrected chi connectivity index (χ4v) is 3.97. The Balaban J connectivity index is 1.29. The molecule has 204 valence electrons. The van der Waals surface area contributed by atoms with Gasteiger partial charge < -0.3 is 14.2 Å². The number of carbonyl (C=O) groups is 3. The highest BCUT2D eigenvalue weighted by atomic mass is 32.1. The minimum absolute atomic E-state index is 0.102. The molecule has 0 aliphatic carbocycles. The highest BCUT2D eigenvalue weighted by Gasteiger charge is 2.14. The average Bonchev–Trinajstić information content (AvgIpc) is 3.40. The summed E-state index contributed by atoms with van der Waals surface area (Å²) in [5, 5.41) is 15.0. The highest BCUT2D eigenvalue weighted by molar-refractivity contribution is 7.15. The summed E-state index contributed by atoms with van der Waals surface area (Å²) in [6, 6.07) is 16.2. The molecule has 1 aromatic heterocycles. The number of amides is 2. The van der Waals surface area contributed by atoms with Crippen molar-refractivity contribution in [1.29, 1.82) is 0 Å². The second-order valence-corrected chi connectivity index (χ2v) is 9.02. The van der Waals surface area contributed by atoms with E-state index in [-0.39, 0.29) is 34.5 Å². The third kappa shape index (κ3) is 7.45. The summed E-state index contributed by atoms with van der Waals surface area (Å²) in [5.41, 5.74) is 3.54. The van der Waals surface area contributed by atoms with Gasteiger partial charge in [0.2, 0.25) is 11.0 Å². The van der Waals surface area contributed by atoms with Crippen LogP contribution in [0.2, 0.25) is 0 Å². The minimum Gasteiger partial charge on any atom is -0.497 e. The normalized spacial score (nSPS) is 10.7. The Kier molecular flexibility index (Phi) is 9.10. The molecule has 11 nitrogen and oxygen atoms in total. The molecule has 0 unspecified atom stereocenters. The second-order valence-electron chi connectivity index (χ2n) is 7.96. The van der Waals surface area contributed by atoms with Gasteiger partial charge in [0.25, 0.3) is 5.91 Å². The monoisotopic (exact) mass is 563 g/mol. The number of halogens is 1. The van der Waals surface area contributed by atoms with E-state index in [2.05, 4.69) is 26.0 Å². The van der Waals surface area contributed by atoms with Crippen LogP contribution >= 0.6 is 11.3 Å². The number of hydrogen-bond acceptors (Lipinski definition) is 10. The second kappa shape index (κ2) is 13.1. The predicted molar refractivity (Wildman–Crippen MR) is 145 cm³/mol. The number of hydrazone groups is 1. The van der Waals surface area contributed by atoms with Crippen LogP contribution in [0.5, 0.6) is 17.2 Å². The van der Waals surface area contributed by atoms with Crippen LogP contribution in [-0.4, -0.2) is 48.4 Å². The number of hydrogen-bond donors (Lipinski definition) is 2. The van der Waals surface area contributed by atoms with Gasteiger partial charge in [0, 0.05) is 5.56 Å². The molecular formula is C27H22FN5O6S. The molecule has 4 aromatic rings. The lowest BCUT2D eigenvalue weighted by Crippen LogP contribution is -2.19. The number of benzene rings is 3. The van der Waals surface area contributed by atoms with Crippen LogP contribution in [0.3, 0.4) is 0 Å². The molecule has 13 heteroatoms. The molecule has 2 amide bonds. The third-order valence-corrected chi connectivity index (χ3v) is 6.06. The molecule has 3 aromatic carbocycles. The number of esters is 1. The first-order valence-electron chi connectivity index (χ1n) is 11.6. The van der Waals surface area contributed by atoms with Crippen molar-refractivity contribution in [2.75, 3.05) is 19.5 Å². The van der Waals surface area contributed by atoms with Crippen molar-refractivity contribution >= 4 is 40.5 Å². The fraction of sp³-hybridized carbons (Fsp3) is 0.111. The molecule has 4 rings (SSSR count). The Hall–Kier alpha value is -5.17. The van der Waals surface area contributed by atoms with Gasteiger partial charge in [0.15, 0.2) is 11.5 Å². The van der Waals surface area contributed by atoms with Gasteiger partial charge in [0.1, 0.15) is 16.6 Å². The van der Waals surface area contributed by atoms with Gasteiger partial charge in [0.05, 0.1) is 32.4 Å². The summed E-state index contributed by atoms with van der Waals surface area (Å²) < 4.78 is 28.8. The number of aromatic nitrogens is 2. The zero-order valence-electron chi connectivity index (χ0n) is 21.2. The van der Waals surface area contributed by atoms with Crippen LogP contribution < -0.4 is 25.0 Å². The molecule has 0 saturated heterocycles. The van der Waals surface area contributed by atoms with Gasteiger partial charge in [-0.1, -0.05) is 11.3 Å². The minimum atomic E-state index is -0.674.